The van der Waals surface area contributed by atoms with E-state index in [4.69, 9.17) is 5.26 Å². The van der Waals surface area contributed by atoms with Gasteiger partial charge < -0.3 is 0 Å². The maximum atomic E-state index is 8.79. The van der Waals surface area contributed by atoms with Gasteiger partial charge in [0.05, 0.1) is 6.07 Å². The molecule has 0 saturated heterocycles. The van der Waals surface area contributed by atoms with Gasteiger partial charge in [0, 0.05) is 6.42 Å². The molecule has 0 radical (unpaired) electrons. The van der Waals surface area contributed by atoms with Crippen molar-refractivity contribution in [3.05, 3.63) is 0 Å². The summed E-state index contributed by atoms with van der Waals surface area (Å²) in [4.78, 5) is 0. The minimum Gasteiger partial charge on any atom is -0.198 e. The molecule has 0 amide bonds. The van der Waals surface area contributed by atoms with E-state index in [0.717, 1.165) is 12.3 Å². The lowest BCUT2D eigenvalue weighted by atomic mass is 9.66. The molecule has 1 nitrogen and oxygen atoms in total. The van der Waals surface area contributed by atoms with Gasteiger partial charge in [0.1, 0.15) is 0 Å². The van der Waals surface area contributed by atoms with Gasteiger partial charge in [-0.15, -0.1) is 0 Å². The fraction of sp³-hybridized carbons (Fsp3) is 0.917. The van der Waals surface area contributed by atoms with Crippen molar-refractivity contribution < 1.29 is 0 Å². The Kier molecular flexibility index (Phi) is 1.74. The van der Waals surface area contributed by atoms with Crippen LogP contribution in [0.25, 0.3) is 0 Å². The monoisotopic (exact) mass is 177 g/mol. The SMILES string of the molecule is CC1(C)C2CCC1(C)C(CC#N)C2. The minimum atomic E-state index is 0.452. The van der Waals surface area contributed by atoms with E-state index in [1.165, 1.54) is 19.3 Å². The van der Waals surface area contributed by atoms with Crippen molar-refractivity contribution in [1.82, 2.24) is 0 Å². The molecule has 0 aliphatic heterocycles. The average Bonchev–Trinajstić information content (AvgIpc) is 2.37. The molecule has 2 aliphatic carbocycles. The molecule has 2 bridgehead atoms. The first-order chi connectivity index (χ1) is 6.02. The molecular weight excluding hydrogens is 158 g/mol. The molecule has 3 atom stereocenters. The predicted octanol–water partition coefficient (Wildman–Crippen LogP) is 3.36. The zero-order valence-electron chi connectivity index (χ0n) is 8.93. The molecule has 0 aromatic rings. The van der Waals surface area contributed by atoms with Crippen LogP contribution < -0.4 is 0 Å². The van der Waals surface area contributed by atoms with Crippen LogP contribution in [0.3, 0.4) is 0 Å². The topological polar surface area (TPSA) is 23.8 Å². The minimum absolute atomic E-state index is 0.452. The van der Waals surface area contributed by atoms with Crippen molar-refractivity contribution in [1.29, 1.82) is 5.26 Å². The third kappa shape index (κ3) is 0.923. The number of rotatable bonds is 1. The lowest BCUT2D eigenvalue weighted by molar-refractivity contribution is 0.105. The van der Waals surface area contributed by atoms with E-state index in [1.54, 1.807) is 0 Å². The van der Waals surface area contributed by atoms with E-state index in [1.807, 2.05) is 0 Å². The predicted molar refractivity (Wildman–Crippen MR) is 52.9 cm³/mol. The first kappa shape index (κ1) is 9.06. The molecule has 2 fully saturated rings. The summed E-state index contributed by atoms with van der Waals surface area (Å²) in [5.74, 6) is 1.56. The summed E-state index contributed by atoms with van der Waals surface area (Å²) in [5, 5.41) is 8.79. The van der Waals surface area contributed by atoms with Gasteiger partial charge in [0.25, 0.3) is 0 Å². The van der Waals surface area contributed by atoms with Crippen molar-refractivity contribution in [3.8, 4) is 6.07 Å². The standard InChI is InChI=1S/C12H19N/c1-11(2)9-4-6-12(11,3)10(8-9)5-7-13/h9-10H,4-6,8H2,1-3H3. The normalized spacial score (nSPS) is 46.3. The smallest absolute Gasteiger partial charge is 0.0624 e. The summed E-state index contributed by atoms with van der Waals surface area (Å²) in [5.41, 5.74) is 0.932. The van der Waals surface area contributed by atoms with Crippen molar-refractivity contribution in [2.45, 2.75) is 46.5 Å². The van der Waals surface area contributed by atoms with Gasteiger partial charge in [-0.25, -0.2) is 0 Å². The molecule has 13 heavy (non-hydrogen) atoms. The highest BCUT2D eigenvalue weighted by molar-refractivity contribution is 5.11. The lowest BCUT2D eigenvalue weighted by Crippen LogP contribution is -2.32. The zero-order valence-corrected chi connectivity index (χ0v) is 8.93. The summed E-state index contributed by atoms with van der Waals surface area (Å²) in [6.07, 6.45) is 4.82. The second-order valence-electron chi connectivity index (χ2n) is 5.67. The van der Waals surface area contributed by atoms with Crippen molar-refractivity contribution >= 4 is 0 Å². The summed E-state index contributed by atoms with van der Waals surface area (Å²) in [6.45, 7) is 7.21. The highest BCUT2D eigenvalue weighted by Crippen LogP contribution is 2.68. The molecule has 3 unspecified atom stereocenters. The molecule has 0 N–H and O–H groups in total. The maximum Gasteiger partial charge on any atom is 0.0624 e. The van der Waals surface area contributed by atoms with E-state index in [2.05, 4.69) is 26.8 Å². The largest absolute Gasteiger partial charge is 0.198 e. The Balaban J connectivity index is 2.29. The lowest BCUT2D eigenvalue weighted by Gasteiger charge is -2.38. The summed E-state index contributed by atoms with van der Waals surface area (Å²) >= 11 is 0. The fourth-order valence-corrected chi connectivity index (χ4v) is 3.79. The third-order valence-corrected chi connectivity index (χ3v) is 5.31. The first-order valence-electron chi connectivity index (χ1n) is 5.39. The van der Waals surface area contributed by atoms with E-state index in [9.17, 15) is 0 Å². The molecule has 0 heterocycles. The van der Waals surface area contributed by atoms with Crippen LogP contribution >= 0.6 is 0 Å². The molecule has 1 heteroatoms. The molecule has 2 saturated carbocycles. The number of hydrogen-bond acceptors (Lipinski definition) is 1. The Bertz CT molecular complexity index is 261. The Hall–Kier alpha value is -0.510. The number of fused-ring (bicyclic) bond motifs is 2. The maximum absolute atomic E-state index is 8.79. The quantitative estimate of drug-likeness (QED) is 0.602. The number of nitriles is 1. The third-order valence-electron chi connectivity index (χ3n) is 5.31. The zero-order chi connectivity index (χ0) is 9.69. The Labute approximate surface area is 81.1 Å². The van der Waals surface area contributed by atoms with Crippen LogP contribution in [0.2, 0.25) is 0 Å². The summed E-state index contributed by atoms with van der Waals surface area (Å²) < 4.78 is 0. The van der Waals surface area contributed by atoms with Gasteiger partial charge in [-0.2, -0.15) is 5.26 Å². The van der Waals surface area contributed by atoms with Crippen LogP contribution in [0.5, 0.6) is 0 Å². The van der Waals surface area contributed by atoms with Crippen LogP contribution in [0, 0.1) is 34.0 Å². The summed E-state index contributed by atoms with van der Waals surface area (Å²) in [7, 11) is 0. The average molecular weight is 177 g/mol. The molecule has 72 valence electrons. The van der Waals surface area contributed by atoms with Crippen molar-refractivity contribution in [3.63, 3.8) is 0 Å². The second-order valence-corrected chi connectivity index (χ2v) is 5.67. The van der Waals surface area contributed by atoms with E-state index in [-0.39, 0.29) is 0 Å². The van der Waals surface area contributed by atoms with Crippen LogP contribution in [0.15, 0.2) is 0 Å². The Morgan fingerprint density at radius 2 is 2.08 bits per heavy atom. The Morgan fingerprint density at radius 3 is 2.46 bits per heavy atom. The van der Waals surface area contributed by atoms with Gasteiger partial charge in [0.2, 0.25) is 0 Å². The van der Waals surface area contributed by atoms with Gasteiger partial charge in [-0.3, -0.25) is 0 Å². The van der Waals surface area contributed by atoms with E-state index in [0.29, 0.717) is 16.7 Å². The number of nitrogens with zero attached hydrogens (tertiary/aromatic N) is 1. The van der Waals surface area contributed by atoms with Gasteiger partial charge in [-0.05, 0) is 41.9 Å². The van der Waals surface area contributed by atoms with Crippen molar-refractivity contribution in [2.75, 3.05) is 0 Å². The molecule has 0 aromatic heterocycles. The summed E-state index contributed by atoms with van der Waals surface area (Å²) in [6, 6.07) is 2.36. The van der Waals surface area contributed by atoms with Crippen LogP contribution in [-0.2, 0) is 0 Å². The van der Waals surface area contributed by atoms with Crippen LogP contribution in [0.4, 0.5) is 0 Å². The molecular formula is C12H19N. The molecule has 2 aliphatic rings. The van der Waals surface area contributed by atoms with Crippen LogP contribution in [0.1, 0.15) is 46.5 Å². The van der Waals surface area contributed by atoms with Gasteiger partial charge in [-0.1, -0.05) is 20.8 Å². The fourth-order valence-electron chi connectivity index (χ4n) is 3.79. The first-order valence-corrected chi connectivity index (χ1v) is 5.39. The Morgan fingerprint density at radius 1 is 1.38 bits per heavy atom. The van der Waals surface area contributed by atoms with E-state index >= 15 is 0 Å². The van der Waals surface area contributed by atoms with Gasteiger partial charge in [0.15, 0.2) is 0 Å². The molecule has 0 spiro atoms. The number of hydrogen-bond donors (Lipinski definition) is 0. The second kappa shape index (κ2) is 2.50. The highest BCUT2D eigenvalue weighted by Gasteiger charge is 2.60. The highest BCUT2D eigenvalue weighted by atomic mass is 14.6. The van der Waals surface area contributed by atoms with Crippen molar-refractivity contribution in [2.24, 2.45) is 22.7 Å². The van der Waals surface area contributed by atoms with Gasteiger partial charge >= 0.3 is 0 Å². The van der Waals surface area contributed by atoms with E-state index < -0.39 is 0 Å². The molecule has 0 aromatic carbocycles. The molecule has 2 rings (SSSR count). The van der Waals surface area contributed by atoms with Crippen LogP contribution in [-0.4, -0.2) is 0 Å².